The Hall–Kier alpha value is -6.29. The molecule has 0 radical (unpaired) electrons. The minimum atomic E-state index is 1.16. The van der Waals surface area contributed by atoms with Gasteiger partial charge in [0.15, 0.2) is 0 Å². The molecule has 0 spiro atoms. The molecule has 2 nitrogen and oxygen atoms in total. The average molecular weight is 669 g/mol. The Morgan fingerprint density at radius 3 is 1.55 bits per heavy atom. The first-order valence-corrected chi connectivity index (χ1v) is 18.2. The van der Waals surface area contributed by atoms with Crippen LogP contribution in [0.15, 0.2) is 204 Å². The molecule has 8 aromatic carbocycles. The first kappa shape index (κ1) is 29.6. The minimum Gasteiger partial charge on any atom is -0.309 e. The summed E-state index contributed by atoms with van der Waals surface area (Å²) in [4.78, 5) is 4.91. The molecule has 0 aliphatic carbocycles. The van der Waals surface area contributed by atoms with Gasteiger partial charge in [0.25, 0.3) is 0 Å². The van der Waals surface area contributed by atoms with Gasteiger partial charge in [-0.15, -0.1) is 0 Å². The third kappa shape index (κ3) is 5.13. The lowest BCUT2D eigenvalue weighted by Gasteiger charge is -2.33. The Morgan fingerprint density at radius 2 is 0.824 bits per heavy atom. The van der Waals surface area contributed by atoms with Gasteiger partial charge in [0.2, 0.25) is 0 Å². The first-order valence-electron chi connectivity index (χ1n) is 17.3. The smallest absolute Gasteiger partial charge is 0.0602 e. The van der Waals surface area contributed by atoms with Crippen molar-refractivity contribution in [2.75, 3.05) is 4.90 Å². The molecule has 9 aromatic rings. The number of anilines is 3. The van der Waals surface area contributed by atoms with E-state index >= 15 is 0 Å². The fourth-order valence-corrected chi connectivity index (χ4v) is 8.61. The van der Waals surface area contributed by atoms with E-state index in [0.717, 1.165) is 11.4 Å². The largest absolute Gasteiger partial charge is 0.309 e. The molecule has 2 heterocycles. The molecule has 0 fully saturated rings. The molecular weight excluding hydrogens is 637 g/mol. The van der Waals surface area contributed by atoms with Crippen molar-refractivity contribution in [2.24, 2.45) is 0 Å². The van der Waals surface area contributed by atoms with Crippen LogP contribution >= 0.6 is 11.8 Å². The highest BCUT2D eigenvalue weighted by Gasteiger charge is 2.25. The quantitative estimate of drug-likeness (QED) is 0.180. The predicted octanol–water partition coefficient (Wildman–Crippen LogP) is 13.7. The highest BCUT2D eigenvalue weighted by molar-refractivity contribution is 7.99. The Balaban J connectivity index is 1.04. The van der Waals surface area contributed by atoms with E-state index in [9.17, 15) is 0 Å². The van der Waals surface area contributed by atoms with Gasteiger partial charge in [0.05, 0.1) is 22.4 Å². The summed E-state index contributed by atoms with van der Waals surface area (Å²) in [6.45, 7) is 0. The molecule has 0 atom stereocenters. The number of fused-ring (bicyclic) bond motifs is 5. The van der Waals surface area contributed by atoms with Crippen LogP contribution in [-0.4, -0.2) is 4.57 Å². The second kappa shape index (κ2) is 12.2. The molecule has 0 amide bonds. The summed E-state index contributed by atoms with van der Waals surface area (Å²) >= 11 is 1.85. The van der Waals surface area contributed by atoms with Crippen molar-refractivity contribution in [3.05, 3.63) is 194 Å². The maximum absolute atomic E-state index is 2.40. The van der Waals surface area contributed by atoms with E-state index in [1.54, 1.807) is 0 Å². The summed E-state index contributed by atoms with van der Waals surface area (Å²) in [5.74, 6) is 0. The lowest BCUT2D eigenvalue weighted by molar-refractivity contribution is 1.17. The van der Waals surface area contributed by atoms with Crippen molar-refractivity contribution in [1.29, 1.82) is 0 Å². The lowest BCUT2D eigenvalue weighted by Crippen LogP contribution is -2.14. The lowest BCUT2D eigenvalue weighted by atomic mass is 10.0. The Bertz CT molecular complexity index is 2690. The molecule has 0 saturated carbocycles. The highest BCUT2D eigenvalue weighted by Crippen LogP contribution is 2.52. The van der Waals surface area contributed by atoms with Crippen molar-refractivity contribution in [1.82, 2.24) is 4.57 Å². The zero-order chi connectivity index (χ0) is 33.7. The van der Waals surface area contributed by atoms with E-state index in [1.807, 2.05) is 11.8 Å². The van der Waals surface area contributed by atoms with E-state index in [0.29, 0.717) is 0 Å². The summed E-state index contributed by atoms with van der Waals surface area (Å²) in [5, 5.41) is 2.51. The number of aromatic nitrogens is 1. The first-order chi connectivity index (χ1) is 25.3. The van der Waals surface area contributed by atoms with Crippen LogP contribution in [0, 0.1) is 0 Å². The third-order valence-electron chi connectivity index (χ3n) is 10.00. The Morgan fingerprint density at radius 1 is 0.314 bits per heavy atom. The van der Waals surface area contributed by atoms with Crippen LogP contribution in [0.25, 0.3) is 60.9 Å². The number of hydrogen-bond donors (Lipinski definition) is 0. The van der Waals surface area contributed by atoms with Gasteiger partial charge in [-0.1, -0.05) is 139 Å². The fourth-order valence-electron chi connectivity index (χ4n) is 7.51. The third-order valence-corrected chi connectivity index (χ3v) is 11.1. The van der Waals surface area contributed by atoms with E-state index < -0.39 is 0 Å². The van der Waals surface area contributed by atoms with Crippen molar-refractivity contribution in [2.45, 2.75) is 9.79 Å². The second-order valence-corrected chi connectivity index (χ2v) is 14.1. The van der Waals surface area contributed by atoms with Crippen molar-refractivity contribution in [3.63, 3.8) is 0 Å². The van der Waals surface area contributed by atoms with Gasteiger partial charge in [-0.05, 0) is 100 Å². The number of rotatable bonds is 5. The molecule has 51 heavy (non-hydrogen) atoms. The molecule has 0 N–H and O–H groups in total. The molecule has 3 heteroatoms. The van der Waals surface area contributed by atoms with Gasteiger partial charge in [-0.25, -0.2) is 0 Å². The van der Waals surface area contributed by atoms with Crippen LogP contribution in [0.5, 0.6) is 0 Å². The number of para-hydroxylation sites is 2. The summed E-state index contributed by atoms with van der Waals surface area (Å²) in [6, 6.07) is 70.4. The second-order valence-electron chi connectivity index (χ2n) is 13.0. The van der Waals surface area contributed by atoms with Gasteiger partial charge in [0, 0.05) is 31.9 Å². The number of nitrogens with zero attached hydrogens (tertiary/aromatic N) is 2. The minimum absolute atomic E-state index is 1.16. The molecule has 10 rings (SSSR count). The van der Waals surface area contributed by atoms with Gasteiger partial charge in [-0.3, -0.25) is 0 Å². The highest BCUT2D eigenvalue weighted by atomic mass is 32.2. The monoisotopic (exact) mass is 668 g/mol. The SMILES string of the molecule is c1ccc(-c2ccc(N3c4ccccc4Sc4cc(-c5ccc6c(c5)c5ccccc5n6-c5ccc(-c6ccccc6)cc5)ccc43)cc2)cc1. The molecule has 1 aliphatic rings. The van der Waals surface area contributed by atoms with E-state index in [-0.39, 0.29) is 0 Å². The van der Waals surface area contributed by atoms with Gasteiger partial charge >= 0.3 is 0 Å². The maximum atomic E-state index is 2.40. The van der Waals surface area contributed by atoms with Gasteiger partial charge in [-0.2, -0.15) is 0 Å². The van der Waals surface area contributed by atoms with E-state index in [4.69, 9.17) is 0 Å². The Labute approximate surface area is 301 Å². The zero-order valence-corrected chi connectivity index (χ0v) is 28.6. The van der Waals surface area contributed by atoms with Crippen LogP contribution in [0.4, 0.5) is 17.1 Å². The normalized spacial score (nSPS) is 12.2. The topological polar surface area (TPSA) is 8.17 Å². The average Bonchev–Trinajstić information content (AvgIpc) is 3.54. The van der Waals surface area contributed by atoms with Crippen LogP contribution in [-0.2, 0) is 0 Å². The number of benzene rings is 8. The molecule has 1 aliphatic heterocycles. The van der Waals surface area contributed by atoms with Crippen LogP contribution < -0.4 is 4.90 Å². The van der Waals surface area contributed by atoms with Crippen LogP contribution in [0.1, 0.15) is 0 Å². The molecule has 0 saturated heterocycles. The standard InChI is InChI=1S/C48H32N2S/c1-3-11-33(12-4-1)35-19-25-39(26-20-35)49-43-16-8-7-15-41(43)42-31-37(23-29-44(42)49)38-24-30-46-48(32-38)51-47-18-10-9-17-45(47)50(46)40-27-21-36(22-28-40)34-13-5-2-6-14-34/h1-32H. The maximum Gasteiger partial charge on any atom is 0.0602 e. The molecular formula is C48H32N2S. The molecule has 240 valence electrons. The van der Waals surface area contributed by atoms with Crippen LogP contribution in [0.2, 0.25) is 0 Å². The van der Waals surface area contributed by atoms with Crippen molar-refractivity contribution >= 4 is 50.6 Å². The summed E-state index contributed by atoms with van der Waals surface area (Å²) in [5.41, 5.74) is 14.5. The van der Waals surface area contributed by atoms with Crippen molar-refractivity contribution in [3.8, 4) is 39.1 Å². The molecule has 0 unspecified atom stereocenters. The Kier molecular flexibility index (Phi) is 7.11. The van der Waals surface area contributed by atoms with Gasteiger partial charge < -0.3 is 9.47 Å². The summed E-state index contributed by atoms with van der Waals surface area (Å²) < 4.78 is 2.39. The van der Waals surface area contributed by atoms with Crippen molar-refractivity contribution < 1.29 is 0 Å². The van der Waals surface area contributed by atoms with E-state index in [1.165, 1.54) is 76.4 Å². The van der Waals surface area contributed by atoms with Gasteiger partial charge in [0.1, 0.15) is 0 Å². The summed E-state index contributed by atoms with van der Waals surface area (Å²) in [6.07, 6.45) is 0. The number of hydrogen-bond acceptors (Lipinski definition) is 2. The molecule has 0 bridgehead atoms. The zero-order valence-electron chi connectivity index (χ0n) is 27.8. The van der Waals surface area contributed by atoms with Crippen LogP contribution in [0.3, 0.4) is 0 Å². The van der Waals surface area contributed by atoms with E-state index in [2.05, 4.69) is 204 Å². The summed E-state index contributed by atoms with van der Waals surface area (Å²) in [7, 11) is 0. The fraction of sp³-hybridized carbons (Fsp3) is 0. The predicted molar refractivity (Wildman–Crippen MR) is 216 cm³/mol. The molecule has 1 aromatic heterocycles.